The number of unbranched alkanes of at least 4 members (excludes halogenated alkanes) is 5. The molecule has 1 fully saturated rings. The van der Waals surface area contributed by atoms with E-state index in [0.29, 0.717) is 17.9 Å². The van der Waals surface area contributed by atoms with E-state index in [1.165, 1.54) is 38.2 Å². The monoisotopic (exact) mass is 394 g/mol. The van der Waals surface area contributed by atoms with Crippen LogP contribution in [0.3, 0.4) is 0 Å². The predicted molar refractivity (Wildman–Crippen MR) is 109 cm³/mol. The molecule has 0 radical (unpaired) electrons. The Kier molecular flexibility index (Phi) is 9.94. The van der Waals surface area contributed by atoms with Gasteiger partial charge >= 0.3 is 5.97 Å². The van der Waals surface area contributed by atoms with E-state index < -0.39 is 17.6 Å². The van der Waals surface area contributed by atoms with Crippen molar-refractivity contribution in [2.24, 2.45) is 11.8 Å². The van der Waals surface area contributed by atoms with Gasteiger partial charge in [-0.05, 0) is 56.1 Å². The minimum Gasteiger partial charge on any atom is -0.423 e. The molecule has 0 N–H and O–H groups in total. The van der Waals surface area contributed by atoms with Crippen LogP contribution >= 0.6 is 0 Å². The topological polar surface area (TPSA) is 26.3 Å². The lowest BCUT2D eigenvalue weighted by Gasteiger charge is -2.27. The summed E-state index contributed by atoms with van der Waals surface area (Å²) in [5.74, 6) is -2.11. The molecule has 0 atom stereocenters. The van der Waals surface area contributed by atoms with Gasteiger partial charge in [-0.25, -0.2) is 4.39 Å². The maximum atomic E-state index is 14.3. The Balaban J connectivity index is 1.82. The molecule has 0 aromatic heterocycles. The largest absolute Gasteiger partial charge is 0.423 e. The predicted octanol–water partition coefficient (Wildman–Crippen LogP) is 7.38. The van der Waals surface area contributed by atoms with Crippen molar-refractivity contribution in [1.29, 1.82) is 0 Å². The fraction of sp³-hybridized carbons (Fsp3) is 0.708. The van der Waals surface area contributed by atoms with Gasteiger partial charge in [0.1, 0.15) is 0 Å². The van der Waals surface area contributed by atoms with Crippen LogP contribution in [0.5, 0.6) is 5.75 Å². The van der Waals surface area contributed by atoms with Crippen molar-refractivity contribution >= 4 is 5.97 Å². The second-order valence-corrected chi connectivity index (χ2v) is 8.30. The van der Waals surface area contributed by atoms with Crippen molar-refractivity contribution in [3.63, 3.8) is 0 Å². The molecule has 158 valence electrons. The summed E-state index contributed by atoms with van der Waals surface area (Å²) in [6, 6.07) is 2.95. The van der Waals surface area contributed by atoms with Crippen LogP contribution < -0.4 is 4.74 Å². The van der Waals surface area contributed by atoms with Gasteiger partial charge in [-0.1, -0.05) is 64.9 Å². The fourth-order valence-corrected chi connectivity index (χ4v) is 4.15. The summed E-state index contributed by atoms with van der Waals surface area (Å²) < 4.78 is 33.8. The summed E-state index contributed by atoms with van der Waals surface area (Å²) in [5.41, 5.74) is 0.356. The Morgan fingerprint density at radius 1 is 0.929 bits per heavy atom. The SMILES string of the molecule is CCCCCC[C@H]1CC[C@H](C(=O)Oc2ccc(CCCCC)c(F)c2F)CC1. The average molecular weight is 395 g/mol. The second-order valence-electron chi connectivity index (χ2n) is 8.30. The van der Waals surface area contributed by atoms with Crippen LogP contribution in [0.25, 0.3) is 0 Å². The van der Waals surface area contributed by atoms with Gasteiger partial charge in [-0.2, -0.15) is 4.39 Å². The van der Waals surface area contributed by atoms with E-state index in [2.05, 4.69) is 13.8 Å². The van der Waals surface area contributed by atoms with Crippen molar-refractivity contribution in [3.05, 3.63) is 29.3 Å². The molecule has 0 amide bonds. The molecule has 1 aromatic carbocycles. The highest BCUT2D eigenvalue weighted by atomic mass is 19.2. The average Bonchev–Trinajstić information content (AvgIpc) is 2.71. The van der Waals surface area contributed by atoms with Crippen molar-refractivity contribution in [2.75, 3.05) is 0 Å². The molecule has 2 nitrogen and oxygen atoms in total. The molecule has 28 heavy (non-hydrogen) atoms. The van der Waals surface area contributed by atoms with Gasteiger partial charge in [-0.3, -0.25) is 4.79 Å². The minimum atomic E-state index is -1.04. The van der Waals surface area contributed by atoms with Crippen LogP contribution in [0, 0.1) is 23.5 Å². The first-order chi connectivity index (χ1) is 13.6. The maximum absolute atomic E-state index is 14.3. The number of aryl methyl sites for hydroxylation is 1. The number of esters is 1. The summed E-state index contributed by atoms with van der Waals surface area (Å²) in [7, 11) is 0. The number of ether oxygens (including phenoxy) is 1. The zero-order valence-corrected chi connectivity index (χ0v) is 17.6. The lowest BCUT2D eigenvalue weighted by molar-refractivity contribution is -0.140. The third kappa shape index (κ3) is 6.86. The van der Waals surface area contributed by atoms with Crippen LogP contribution in [0.1, 0.15) is 96.5 Å². The Morgan fingerprint density at radius 2 is 1.61 bits per heavy atom. The lowest BCUT2D eigenvalue weighted by Crippen LogP contribution is -2.26. The molecule has 1 aliphatic rings. The normalized spacial score (nSPS) is 19.6. The van der Waals surface area contributed by atoms with Crippen LogP contribution in [0.4, 0.5) is 8.78 Å². The van der Waals surface area contributed by atoms with E-state index in [9.17, 15) is 13.6 Å². The number of hydrogen-bond donors (Lipinski definition) is 0. The Bertz CT molecular complexity index is 607. The molecule has 0 heterocycles. The van der Waals surface area contributed by atoms with E-state index in [-0.39, 0.29) is 11.7 Å². The van der Waals surface area contributed by atoms with E-state index in [1.807, 2.05) is 0 Å². The third-order valence-corrected chi connectivity index (χ3v) is 6.03. The molecular weight excluding hydrogens is 358 g/mol. The third-order valence-electron chi connectivity index (χ3n) is 6.03. The van der Waals surface area contributed by atoms with Crippen molar-refractivity contribution in [3.8, 4) is 5.75 Å². The first-order valence-electron chi connectivity index (χ1n) is 11.2. The summed E-state index contributed by atoms with van der Waals surface area (Å²) in [6.07, 6.45) is 13.3. The van der Waals surface area contributed by atoms with Gasteiger partial charge in [0.05, 0.1) is 5.92 Å². The molecule has 0 bridgehead atoms. The number of carbonyl (C=O) groups is 1. The standard InChI is InChI=1S/C24H36F2O2/c1-3-5-7-9-10-18-12-14-20(15-13-18)24(27)28-21-17-16-19(11-8-6-4-2)22(25)23(21)26/h16-18,20H,3-15H2,1-2H3/t18-,20-. The van der Waals surface area contributed by atoms with Gasteiger partial charge in [0.25, 0.3) is 0 Å². The Morgan fingerprint density at radius 3 is 2.29 bits per heavy atom. The number of halogens is 2. The molecule has 1 saturated carbocycles. The van der Waals surface area contributed by atoms with Crippen LogP contribution in [-0.4, -0.2) is 5.97 Å². The smallest absolute Gasteiger partial charge is 0.314 e. The quantitative estimate of drug-likeness (QED) is 0.222. The van der Waals surface area contributed by atoms with Gasteiger partial charge in [0.2, 0.25) is 5.82 Å². The lowest BCUT2D eigenvalue weighted by atomic mass is 9.80. The summed E-state index contributed by atoms with van der Waals surface area (Å²) >= 11 is 0. The van der Waals surface area contributed by atoms with Crippen molar-refractivity contribution in [2.45, 2.75) is 97.3 Å². The molecule has 0 saturated heterocycles. The minimum absolute atomic E-state index is 0.196. The van der Waals surface area contributed by atoms with Crippen molar-refractivity contribution < 1.29 is 18.3 Å². The zero-order chi connectivity index (χ0) is 20.4. The highest BCUT2D eigenvalue weighted by Crippen LogP contribution is 2.33. The van der Waals surface area contributed by atoms with E-state index in [1.54, 1.807) is 6.07 Å². The van der Waals surface area contributed by atoms with E-state index in [0.717, 1.165) is 44.9 Å². The van der Waals surface area contributed by atoms with E-state index >= 15 is 0 Å². The van der Waals surface area contributed by atoms with Crippen LogP contribution in [0.2, 0.25) is 0 Å². The summed E-state index contributed by atoms with van der Waals surface area (Å²) in [5, 5.41) is 0. The summed E-state index contributed by atoms with van der Waals surface area (Å²) in [4.78, 5) is 12.4. The zero-order valence-electron chi connectivity index (χ0n) is 17.6. The van der Waals surface area contributed by atoms with Crippen LogP contribution in [-0.2, 0) is 11.2 Å². The number of benzene rings is 1. The molecule has 2 rings (SSSR count). The van der Waals surface area contributed by atoms with E-state index in [4.69, 9.17) is 4.74 Å². The molecule has 0 aliphatic heterocycles. The Hall–Kier alpha value is -1.45. The van der Waals surface area contributed by atoms with Crippen molar-refractivity contribution in [1.82, 2.24) is 0 Å². The first kappa shape index (κ1) is 22.8. The molecule has 0 spiro atoms. The highest BCUT2D eigenvalue weighted by Gasteiger charge is 2.28. The first-order valence-corrected chi connectivity index (χ1v) is 11.2. The number of hydrogen-bond acceptors (Lipinski definition) is 2. The molecule has 1 aliphatic carbocycles. The maximum Gasteiger partial charge on any atom is 0.314 e. The fourth-order valence-electron chi connectivity index (χ4n) is 4.15. The molecule has 0 unspecified atom stereocenters. The van der Waals surface area contributed by atoms with Gasteiger partial charge in [0, 0.05) is 0 Å². The molecule has 4 heteroatoms. The number of rotatable bonds is 11. The molecule has 1 aromatic rings. The Labute approximate surface area is 169 Å². The number of carbonyl (C=O) groups excluding carboxylic acids is 1. The summed E-state index contributed by atoms with van der Waals surface area (Å²) in [6.45, 7) is 4.28. The van der Waals surface area contributed by atoms with Gasteiger partial charge in [-0.15, -0.1) is 0 Å². The van der Waals surface area contributed by atoms with Gasteiger partial charge < -0.3 is 4.74 Å². The van der Waals surface area contributed by atoms with Crippen LogP contribution in [0.15, 0.2) is 12.1 Å². The second kappa shape index (κ2) is 12.2. The highest BCUT2D eigenvalue weighted by molar-refractivity contribution is 5.75. The molecular formula is C24H36F2O2. The van der Waals surface area contributed by atoms with Gasteiger partial charge in [0.15, 0.2) is 11.6 Å².